The van der Waals surface area contributed by atoms with Gasteiger partial charge in [0.15, 0.2) is 0 Å². The number of carbonyl (C=O) groups excluding carboxylic acids is 1. The van der Waals surface area contributed by atoms with Crippen molar-refractivity contribution >= 4 is 5.91 Å². The number of aromatic nitrogens is 2. The fraction of sp³-hybridized carbons (Fsp3) is 0.444. The van der Waals surface area contributed by atoms with Gasteiger partial charge in [0.05, 0.1) is 11.8 Å². The summed E-state index contributed by atoms with van der Waals surface area (Å²) in [6, 6.07) is 6.14. The Morgan fingerprint density at radius 2 is 2.08 bits per heavy atom. The Morgan fingerprint density at radius 3 is 2.62 bits per heavy atom. The van der Waals surface area contributed by atoms with E-state index in [0.29, 0.717) is 5.69 Å². The molecule has 130 valence electrons. The maximum absolute atomic E-state index is 14.4. The number of amides is 1. The molecular formula is C18H24FN3O2. The molecule has 2 N–H and O–H groups in total. The Kier molecular flexibility index (Phi) is 5.72. The highest BCUT2D eigenvalue weighted by Crippen LogP contribution is 2.17. The molecule has 6 heteroatoms. The van der Waals surface area contributed by atoms with E-state index in [1.807, 2.05) is 33.8 Å². The zero-order valence-corrected chi connectivity index (χ0v) is 14.5. The highest BCUT2D eigenvalue weighted by atomic mass is 19.1. The van der Waals surface area contributed by atoms with Gasteiger partial charge in [0.25, 0.3) is 5.91 Å². The molecule has 0 saturated heterocycles. The van der Waals surface area contributed by atoms with E-state index in [4.69, 9.17) is 0 Å². The minimum Gasteiger partial charge on any atom is -0.391 e. The number of nitrogens with one attached hydrogen (secondary N) is 1. The molecule has 2 rings (SSSR count). The lowest BCUT2D eigenvalue weighted by Crippen LogP contribution is -2.35. The van der Waals surface area contributed by atoms with Gasteiger partial charge in [0.1, 0.15) is 11.5 Å². The standard InChI is InChI=1S/C18H24FN3O2/c1-5-11(2)17(23)10-20-18(24)14-6-7-16(15(19)9-14)22-13(4)8-12(3)21-22/h6-9,11,17,23H,5,10H2,1-4H3,(H,20,24). The Labute approximate surface area is 141 Å². The van der Waals surface area contributed by atoms with Crippen molar-refractivity contribution in [3.8, 4) is 5.69 Å². The average Bonchev–Trinajstić information content (AvgIpc) is 2.89. The second kappa shape index (κ2) is 7.57. The first-order chi connectivity index (χ1) is 11.3. The summed E-state index contributed by atoms with van der Waals surface area (Å²) in [5.41, 5.74) is 2.14. The zero-order valence-electron chi connectivity index (χ0n) is 14.5. The third-order valence-electron chi connectivity index (χ3n) is 4.22. The van der Waals surface area contributed by atoms with Crippen LogP contribution in [0.25, 0.3) is 5.69 Å². The van der Waals surface area contributed by atoms with E-state index in [2.05, 4.69) is 10.4 Å². The van der Waals surface area contributed by atoms with Crippen LogP contribution in [-0.4, -0.2) is 33.4 Å². The number of carbonyl (C=O) groups is 1. The number of hydrogen-bond donors (Lipinski definition) is 2. The molecule has 0 bridgehead atoms. The zero-order chi connectivity index (χ0) is 17.9. The van der Waals surface area contributed by atoms with Crippen molar-refractivity contribution in [1.82, 2.24) is 15.1 Å². The molecule has 0 radical (unpaired) electrons. The molecule has 0 aliphatic carbocycles. The third kappa shape index (κ3) is 4.00. The van der Waals surface area contributed by atoms with E-state index >= 15 is 0 Å². The molecule has 2 aromatic rings. The largest absolute Gasteiger partial charge is 0.391 e. The first-order valence-corrected chi connectivity index (χ1v) is 8.13. The number of hydrogen-bond acceptors (Lipinski definition) is 3. The highest BCUT2D eigenvalue weighted by molar-refractivity contribution is 5.94. The van der Waals surface area contributed by atoms with Crippen LogP contribution in [0.3, 0.4) is 0 Å². The normalized spacial score (nSPS) is 13.6. The number of aliphatic hydroxyl groups excluding tert-OH is 1. The lowest BCUT2D eigenvalue weighted by molar-refractivity contribution is 0.0850. The van der Waals surface area contributed by atoms with Gasteiger partial charge in [-0.3, -0.25) is 4.79 Å². The van der Waals surface area contributed by atoms with E-state index < -0.39 is 17.8 Å². The summed E-state index contributed by atoms with van der Waals surface area (Å²) in [6.07, 6.45) is 0.209. The quantitative estimate of drug-likeness (QED) is 0.854. The summed E-state index contributed by atoms with van der Waals surface area (Å²) in [7, 11) is 0. The minimum atomic E-state index is -0.613. The Hall–Kier alpha value is -2.21. The van der Waals surface area contributed by atoms with Gasteiger partial charge in [-0.2, -0.15) is 5.10 Å². The number of nitrogens with zero attached hydrogens (tertiary/aromatic N) is 2. The highest BCUT2D eigenvalue weighted by Gasteiger charge is 2.16. The molecule has 0 saturated carbocycles. The monoisotopic (exact) mass is 333 g/mol. The molecule has 0 aliphatic rings. The van der Waals surface area contributed by atoms with E-state index in [1.54, 1.807) is 6.07 Å². The molecule has 0 fully saturated rings. The first kappa shape index (κ1) is 18.1. The third-order valence-corrected chi connectivity index (χ3v) is 4.22. The Balaban J connectivity index is 2.12. The van der Waals surface area contributed by atoms with Crippen LogP contribution < -0.4 is 5.32 Å². The second-order valence-corrected chi connectivity index (χ2v) is 6.17. The van der Waals surface area contributed by atoms with Crippen LogP contribution in [0.15, 0.2) is 24.3 Å². The van der Waals surface area contributed by atoms with Crippen molar-refractivity contribution in [2.75, 3.05) is 6.54 Å². The SMILES string of the molecule is CCC(C)C(O)CNC(=O)c1ccc(-n2nc(C)cc2C)c(F)c1. The first-order valence-electron chi connectivity index (χ1n) is 8.13. The maximum atomic E-state index is 14.4. The lowest BCUT2D eigenvalue weighted by Gasteiger charge is -2.17. The van der Waals surface area contributed by atoms with E-state index in [9.17, 15) is 14.3 Å². The summed E-state index contributed by atoms with van der Waals surface area (Å²) in [5.74, 6) is -0.831. The molecule has 1 heterocycles. The second-order valence-electron chi connectivity index (χ2n) is 6.17. The molecule has 1 amide bonds. The van der Waals surface area contributed by atoms with Gasteiger partial charge in [-0.15, -0.1) is 0 Å². The fourth-order valence-electron chi connectivity index (χ4n) is 2.47. The van der Waals surface area contributed by atoms with Crippen molar-refractivity contribution < 1.29 is 14.3 Å². The molecule has 0 spiro atoms. The van der Waals surface area contributed by atoms with Crippen molar-refractivity contribution in [2.45, 2.75) is 40.2 Å². The molecule has 5 nitrogen and oxygen atoms in total. The maximum Gasteiger partial charge on any atom is 0.251 e. The lowest BCUT2D eigenvalue weighted by atomic mass is 10.0. The van der Waals surface area contributed by atoms with E-state index in [1.165, 1.54) is 16.8 Å². The van der Waals surface area contributed by atoms with Crippen LogP contribution in [0.5, 0.6) is 0 Å². The van der Waals surface area contributed by atoms with Crippen LogP contribution in [0, 0.1) is 25.6 Å². The van der Waals surface area contributed by atoms with Gasteiger partial charge in [0, 0.05) is 17.8 Å². The molecule has 2 atom stereocenters. The molecule has 24 heavy (non-hydrogen) atoms. The number of aliphatic hydroxyl groups is 1. The van der Waals surface area contributed by atoms with Gasteiger partial charge >= 0.3 is 0 Å². The number of rotatable bonds is 6. The topological polar surface area (TPSA) is 67.2 Å². The van der Waals surface area contributed by atoms with Crippen molar-refractivity contribution in [2.24, 2.45) is 5.92 Å². The summed E-state index contributed by atoms with van der Waals surface area (Å²) in [6.45, 7) is 7.72. The van der Waals surface area contributed by atoms with Crippen molar-refractivity contribution in [3.05, 3.63) is 47.0 Å². The fourth-order valence-corrected chi connectivity index (χ4v) is 2.47. The van der Waals surface area contributed by atoms with Gasteiger partial charge in [-0.25, -0.2) is 9.07 Å². The van der Waals surface area contributed by atoms with Gasteiger partial charge in [0.2, 0.25) is 0 Å². The van der Waals surface area contributed by atoms with Gasteiger partial charge in [-0.1, -0.05) is 20.3 Å². The molecule has 0 aliphatic heterocycles. The molecular weight excluding hydrogens is 309 g/mol. The predicted octanol–water partition coefficient (Wildman–Crippen LogP) is 2.77. The summed E-state index contributed by atoms with van der Waals surface area (Å²) >= 11 is 0. The Morgan fingerprint density at radius 1 is 1.38 bits per heavy atom. The van der Waals surface area contributed by atoms with Crippen LogP contribution in [0.2, 0.25) is 0 Å². The molecule has 1 aromatic carbocycles. The number of aryl methyl sites for hydroxylation is 2. The van der Waals surface area contributed by atoms with Crippen molar-refractivity contribution in [1.29, 1.82) is 0 Å². The summed E-state index contributed by atoms with van der Waals surface area (Å²) in [4.78, 5) is 12.1. The average molecular weight is 333 g/mol. The van der Waals surface area contributed by atoms with Crippen LogP contribution in [-0.2, 0) is 0 Å². The smallest absolute Gasteiger partial charge is 0.251 e. The van der Waals surface area contributed by atoms with E-state index in [0.717, 1.165) is 17.8 Å². The Bertz CT molecular complexity index is 727. The molecule has 1 aromatic heterocycles. The predicted molar refractivity (Wildman–Crippen MR) is 90.8 cm³/mol. The van der Waals surface area contributed by atoms with Crippen LogP contribution in [0.1, 0.15) is 42.0 Å². The minimum absolute atomic E-state index is 0.0930. The number of halogens is 1. The van der Waals surface area contributed by atoms with Gasteiger partial charge < -0.3 is 10.4 Å². The summed E-state index contributed by atoms with van der Waals surface area (Å²) in [5, 5.41) is 16.8. The molecule has 2 unspecified atom stereocenters. The van der Waals surface area contributed by atoms with Gasteiger partial charge in [-0.05, 0) is 44.0 Å². The van der Waals surface area contributed by atoms with E-state index in [-0.39, 0.29) is 18.0 Å². The van der Waals surface area contributed by atoms with Crippen LogP contribution >= 0.6 is 0 Å². The number of benzene rings is 1. The van der Waals surface area contributed by atoms with Crippen molar-refractivity contribution in [3.63, 3.8) is 0 Å². The summed E-state index contributed by atoms with van der Waals surface area (Å²) < 4.78 is 15.9. The van der Waals surface area contributed by atoms with Crippen LogP contribution in [0.4, 0.5) is 4.39 Å².